The van der Waals surface area contributed by atoms with Gasteiger partial charge < -0.3 is 4.42 Å². The number of benzene rings is 1. The summed E-state index contributed by atoms with van der Waals surface area (Å²) < 4.78 is 5.69. The summed E-state index contributed by atoms with van der Waals surface area (Å²) in [5.74, 6) is 0.817. The highest BCUT2D eigenvalue weighted by Crippen LogP contribution is 2.26. The normalized spacial score (nSPS) is 11.1. The number of unbranched alkanes of at least 4 members (excludes halogenated alkanes) is 1. The van der Waals surface area contributed by atoms with Gasteiger partial charge in [0.25, 0.3) is 0 Å². The van der Waals surface area contributed by atoms with E-state index in [9.17, 15) is 0 Å². The van der Waals surface area contributed by atoms with Crippen molar-refractivity contribution in [3.63, 3.8) is 0 Å². The minimum Gasteiger partial charge on any atom is -0.440 e. The molecule has 0 aliphatic heterocycles. The third-order valence-corrected chi connectivity index (χ3v) is 2.94. The van der Waals surface area contributed by atoms with Gasteiger partial charge in [-0.25, -0.2) is 4.98 Å². The first kappa shape index (κ1) is 10.5. The molecule has 0 aliphatic rings. The van der Waals surface area contributed by atoms with Gasteiger partial charge in [-0.05, 0) is 25.5 Å². The van der Waals surface area contributed by atoms with Gasteiger partial charge >= 0.3 is 0 Å². The molecule has 1 heterocycles. The summed E-state index contributed by atoms with van der Waals surface area (Å²) in [6.45, 7) is 4.12. The van der Waals surface area contributed by atoms with E-state index in [1.807, 2.05) is 19.1 Å². The largest absolute Gasteiger partial charge is 0.440 e. The minimum atomic E-state index is 0.737. The Balaban J connectivity index is 2.42. The number of aromatic nitrogens is 1. The van der Waals surface area contributed by atoms with E-state index < -0.39 is 0 Å². The number of fused-ring (bicyclic) bond motifs is 1. The Hall–Kier alpha value is -1.02. The van der Waals surface area contributed by atoms with Gasteiger partial charge in [0, 0.05) is 17.0 Å². The first-order chi connectivity index (χ1) is 7.22. The molecule has 3 heteroatoms. The Labute approximate surface area is 94.3 Å². The van der Waals surface area contributed by atoms with E-state index in [1.165, 1.54) is 0 Å². The van der Waals surface area contributed by atoms with Crippen molar-refractivity contribution in [1.29, 1.82) is 0 Å². The highest BCUT2D eigenvalue weighted by atomic mass is 35.5. The lowest BCUT2D eigenvalue weighted by Crippen LogP contribution is -1.82. The number of hydrogen-bond acceptors (Lipinski definition) is 2. The SMILES string of the molecule is CCCCc1nc2ccc(Cl)c(C)c2o1. The maximum absolute atomic E-state index is 6.01. The van der Waals surface area contributed by atoms with Crippen LogP contribution >= 0.6 is 11.6 Å². The number of hydrogen-bond donors (Lipinski definition) is 0. The predicted molar refractivity (Wildman–Crippen MR) is 62.4 cm³/mol. The van der Waals surface area contributed by atoms with Gasteiger partial charge in [0.05, 0.1) is 0 Å². The fourth-order valence-corrected chi connectivity index (χ4v) is 1.73. The zero-order chi connectivity index (χ0) is 10.8. The van der Waals surface area contributed by atoms with E-state index in [-0.39, 0.29) is 0 Å². The van der Waals surface area contributed by atoms with Crippen LogP contribution in [0, 0.1) is 6.92 Å². The summed E-state index contributed by atoms with van der Waals surface area (Å²) >= 11 is 6.01. The summed E-state index contributed by atoms with van der Waals surface area (Å²) in [5.41, 5.74) is 2.71. The Morgan fingerprint density at radius 2 is 2.20 bits per heavy atom. The van der Waals surface area contributed by atoms with Crippen LogP contribution in [0.3, 0.4) is 0 Å². The van der Waals surface area contributed by atoms with Crippen LogP contribution in [-0.2, 0) is 6.42 Å². The summed E-state index contributed by atoms with van der Waals surface area (Å²) in [4.78, 5) is 4.43. The molecule has 1 aromatic carbocycles. The molecule has 80 valence electrons. The van der Waals surface area contributed by atoms with Crippen LogP contribution in [0.25, 0.3) is 11.1 Å². The molecule has 0 bridgehead atoms. The maximum Gasteiger partial charge on any atom is 0.195 e. The summed E-state index contributed by atoms with van der Waals surface area (Å²) in [6, 6.07) is 3.77. The lowest BCUT2D eigenvalue weighted by molar-refractivity contribution is 0.516. The van der Waals surface area contributed by atoms with E-state index in [0.717, 1.165) is 46.8 Å². The molecule has 2 rings (SSSR count). The van der Waals surface area contributed by atoms with Gasteiger partial charge in [0.15, 0.2) is 11.5 Å². The number of oxazole rings is 1. The van der Waals surface area contributed by atoms with Crippen LogP contribution in [0.5, 0.6) is 0 Å². The van der Waals surface area contributed by atoms with Crippen molar-refractivity contribution < 1.29 is 4.42 Å². The van der Waals surface area contributed by atoms with Gasteiger partial charge in [0.2, 0.25) is 0 Å². The molecule has 0 amide bonds. The van der Waals surface area contributed by atoms with Crippen molar-refractivity contribution in [1.82, 2.24) is 4.98 Å². The Kier molecular flexibility index (Phi) is 2.96. The number of aryl methyl sites for hydroxylation is 2. The van der Waals surface area contributed by atoms with Crippen molar-refractivity contribution >= 4 is 22.7 Å². The van der Waals surface area contributed by atoms with E-state index in [4.69, 9.17) is 16.0 Å². The first-order valence-corrected chi connectivity index (χ1v) is 5.64. The summed E-state index contributed by atoms with van der Waals surface area (Å²) in [6.07, 6.45) is 3.17. The fraction of sp³-hybridized carbons (Fsp3) is 0.417. The van der Waals surface area contributed by atoms with E-state index in [1.54, 1.807) is 0 Å². The topological polar surface area (TPSA) is 26.0 Å². The maximum atomic E-state index is 6.01. The van der Waals surface area contributed by atoms with Crippen LogP contribution in [0.15, 0.2) is 16.5 Å². The smallest absolute Gasteiger partial charge is 0.195 e. The van der Waals surface area contributed by atoms with Crippen molar-refractivity contribution in [2.45, 2.75) is 33.1 Å². The molecule has 0 fully saturated rings. The molecule has 0 atom stereocenters. The average Bonchev–Trinajstić information content (AvgIpc) is 2.64. The molecule has 0 radical (unpaired) electrons. The van der Waals surface area contributed by atoms with Crippen LogP contribution in [0.1, 0.15) is 31.2 Å². The van der Waals surface area contributed by atoms with Crippen molar-refractivity contribution in [2.24, 2.45) is 0 Å². The Morgan fingerprint density at radius 3 is 2.93 bits per heavy atom. The van der Waals surface area contributed by atoms with Gasteiger partial charge in [-0.3, -0.25) is 0 Å². The number of rotatable bonds is 3. The van der Waals surface area contributed by atoms with E-state index in [0.29, 0.717) is 0 Å². The van der Waals surface area contributed by atoms with E-state index in [2.05, 4.69) is 11.9 Å². The van der Waals surface area contributed by atoms with Crippen LogP contribution in [0.4, 0.5) is 0 Å². The number of halogens is 1. The third kappa shape index (κ3) is 2.00. The van der Waals surface area contributed by atoms with Gasteiger partial charge in [0.1, 0.15) is 5.52 Å². The fourth-order valence-electron chi connectivity index (χ4n) is 1.58. The van der Waals surface area contributed by atoms with Crippen LogP contribution in [0.2, 0.25) is 5.02 Å². The summed E-state index contributed by atoms with van der Waals surface area (Å²) in [7, 11) is 0. The summed E-state index contributed by atoms with van der Waals surface area (Å²) in [5, 5.41) is 0.737. The third-order valence-electron chi connectivity index (χ3n) is 2.53. The molecule has 1 aromatic heterocycles. The molecule has 0 saturated heterocycles. The minimum absolute atomic E-state index is 0.737. The second-order valence-corrected chi connectivity index (χ2v) is 4.14. The average molecular weight is 224 g/mol. The lowest BCUT2D eigenvalue weighted by Gasteiger charge is -1.95. The van der Waals surface area contributed by atoms with Gasteiger partial charge in [-0.15, -0.1) is 0 Å². The Morgan fingerprint density at radius 1 is 1.40 bits per heavy atom. The molecular formula is C12H14ClNO. The number of nitrogens with zero attached hydrogens (tertiary/aromatic N) is 1. The highest BCUT2D eigenvalue weighted by molar-refractivity contribution is 6.32. The monoisotopic (exact) mass is 223 g/mol. The van der Waals surface area contributed by atoms with Crippen molar-refractivity contribution in [3.8, 4) is 0 Å². The highest BCUT2D eigenvalue weighted by Gasteiger charge is 2.09. The molecule has 0 aliphatic carbocycles. The second kappa shape index (κ2) is 4.23. The Bertz CT molecular complexity index is 476. The molecule has 0 spiro atoms. The molecule has 0 unspecified atom stereocenters. The molecule has 2 aromatic rings. The van der Waals surface area contributed by atoms with Crippen molar-refractivity contribution in [2.75, 3.05) is 0 Å². The predicted octanol–water partition coefficient (Wildman–Crippen LogP) is 4.13. The quantitative estimate of drug-likeness (QED) is 0.782. The zero-order valence-corrected chi connectivity index (χ0v) is 9.77. The lowest BCUT2D eigenvalue weighted by atomic mass is 10.2. The van der Waals surface area contributed by atoms with Gasteiger partial charge in [-0.1, -0.05) is 24.9 Å². The molecule has 0 N–H and O–H groups in total. The molecule has 0 saturated carbocycles. The zero-order valence-electron chi connectivity index (χ0n) is 9.01. The molecule has 15 heavy (non-hydrogen) atoms. The van der Waals surface area contributed by atoms with E-state index >= 15 is 0 Å². The van der Waals surface area contributed by atoms with Crippen LogP contribution in [-0.4, -0.2) is 4.98 Å². The standard InChI is InChI=1S/C12H14ClNO/c1-3-4-5-11-14-10-7-6-9(13)8(2)12(10)15-11/h6-7H,3-5H2,1-2H3. The first-order valence-electron chi connectivity index (χ1n) is 5.27. The second-order valence-electron chi connectivity index (χ2n) is 3.73. The van der Waals surface area contributed by atoms with Gasteiger partial charge in [-0.2, -0.15) is 0 Å². The van der Waals surface area contributed by atoms with Crippen LogP contribution < -0.4 is 0 Å². The molecule has 2 nitrogen and oxygen atoms in total. The van der Waals surface area contributed by atoms with Crippen molar-refractivity contribution in [3.05, 3.63) is 28.6 Å². The molecular weight excluding hydrogens is 210 g/mol.